The van der Waals surface area contributed by atoms with Gasteiger partial charge in [0.2, 0.25) is 0 Å². The molecule has 8 rings (SSSR count). The molecule has 6 aromatic carbocycles. The Morgan fingerprint density at radius 1 is 0.271 bits per heavy atom. The highest BCUT2D eigenvalue weighted by molar-refractivity contribution is 5.92. The molecule has 0 aliphatic heterocycles. The van der Waals surface area contributed by atoms with Crippen molar-refractivity contribution in [1.82, 2.24) is 19.9 Å². The van der Waals surface area contributed by atoms with Crippen LogP contribution in [-0.2, 0) is 0 Å². The molecular weight excluding hydrogens is 600 g/mol. The fourth-order valence-corrected chi connectivity index (χ4v) is 5.89. The second-order valence-corrected chi connectivity index (χ2v) is 11.4. The minimum Gasteiger partial charge on any atom is -0.508 e. The quantitative estimate of drug-likeness (QED) is 0.149. The van der Waals surface area contributed by atoms with E-state index in [1.807, 2.05) is 60.7 Å². The Morgan fingerprint density at radius 3 is 0.854 bits per heavy atom. The first-order valence-corrected chi connectivity index (χ1v) is 15.2. The predicted molar refractivity (Wildman–Crippen MR) is 186 cm³/mol. The molecule has 4 N–H and O–H groups in total. The summed E-state index contributed by atoms with van der Waals surface area (Å²) in [5.74, 6) is 0.457. The number of phenolic OH excluding ortho intramolecular Hbond substituents is 4. The van der Waals surface area contributed by atoms with Crippen molar-refractivity contribution in [2.24, 2.45) is 0 Å². The maximum Gasteiger partial charge on any atom is 0.116 e. The first-order chi connectivity index (χ1) is 23.4. The zero-order chi connectivity index (χ0) is 32.8. The second-order valence-electron chi connectivity index (χ2n) is 11.4. The summed E-state index contributed by atoms with van der Waals surface area (Å²) in [5.41, 5.74) is 9.52. The average molecular weight is 627 g/mol. The lowest BCUT2D eigenvalue weighted by Gasteiger charge is -2.13. The summed E-state index contributed by atoms with van der Waals surface area (Å²) in [7, 11) is 0. The molecule has 8 aromatic rings. The van der Waals surface area contributed by atoms with Gasteiger partial charge in [0.25, 0.3) is 0 Å². The monoisotopic (exact) mass is 626 g/mol. The van der Waals surface area contributed by atoms with E-state index < -0.39 is 0 Å². The van der Waals surface area contributed by atoms with Crippen LogP contribution in [0.25, 0.3) is 78.2 Å². The van der Waals surface area contributed by atoms with Crippen LogP contribution < -0.4 is 0 Å². The van der Waals surface area contributed by atoms with E-state index in [9.17, 15) is 20.4 Å². The van der Waals surface area contributed by atoms with Crippen molar-refractivity contribution >= 4 is 22.1 Å². The van der Waals surface area contributed by atoms with Crippen molar-refractivity contribution < 1.29 is 20.4 Å². The van der Waals surface area contributed by atoms with Gasteiger partial charge in [-0.2, -0.15) is 0 Å². The van der Waals surface area contributed by atoms with Crippen LogP contribution in [0, 0.1) is 0 Å². The molecule has 0 saturated carbocycles. The third-order valence-corrected chi connectivity index (χ3v) is 8.14. The summed E-state index contributed by atoms with van der Waals surface area (Å²) in [5, 5.41) is 40.9. The molecule has 8 heteroatoms. The predicted octanol–water partition coefficient (Wildman–Crippen LogP) is 8.73. The molecule has 2 aromatic heterocycles. The number of aromatic nitrogens is 4. The van der Waals surface area contributed by atoms with Crippen LogP contribution in [-0.4, -0.2) is 40.4 Å². The summed E-state index contributed by atoms with van der Waals surface area (Å²) in [4.78, 5) is 20.0. The molecule has 0 spiro atoms. The van der Waals surface area contributed by atoms with Crippen LogP contribution in [0.2, 0.25) is 0 Å². The van der Waals surface area contributed by atoms with E-state index in [0.717, 1.165) is 11.1 Å². The maximum atomic E-state index is 10.2. The van der Waals surface area contributed by atoms with Gasteiger partial charge < -0.3 is 20.4 Å². The average Bonchev–Trinajstić information content (AvgIpc) is 3.10. The number of rotatable bonds is 5. The van der Waals surface area contributed by atoms with Gasteiger partial charge in [0.05, 0.1) is 44.8 Å². The number of benzene rings is 6. The summed E-state index contributed by atoms with van der Waals surface area (Å²) >= 11 is 0. The Morgan fingerprint density at radius 2 is 0.562 bits per heavy atom. The Kier molecular flexibility index (Phi) is 6.88. The lowest BCUT2D eigenvalue weighted by atomic mass is 10.0. The number of fused-ring (bicyclic) bond motifs is 2. The highest BCUT2D eigenvalue weighted by Gasteiger charge is 2.17. The first-order valence-electron chi connectivity index (χ1n) is 15.2. The Labute approximate surface area is 274 Å². The number of phenols is 4. The van der Waals surface area contributed by atoms with Crippen LogP contribution in [0.15, 0.2) is 133 Å². The summed E-state index contributed by atoms with van der Waals surface area (Å²) in [6, 6.07) is 39.2. The van der Waals surface area contributed by atoms with Gasteiger partial charge in [0.1, 0.15) is 23.0 Å². The first kappa shape index (κ1) is 28.7. The number of nitrogens with zero attached hydrogens (tertiary/aromatic N) is 4. The van der Waals surface area contributed by atoms with Crippen molar-refractivity contribution in [2.75, 3.05) is 0 Å². The summed E-state index contributed by atoms with van der Waals surface area (Å²) in [6.45, 7) is 0. The van der Waals surface area contributed by atoms with Gasteiger partial charge in [0.15, 0.2) is 0 Å². The van der Waals surface area contributed by atoms with E-state index >= 15 is 0 Å². The van der Waals surface area contributed by atoms with Crippen molar-refractivity contribution in [1.29, 1.82) is 0 Å². The number of aromatic hydroxyl groups is 4. The van der Waals surface area contributed by atoms with Crippen molar-refractivity contribution in [2.45, 2.75) is 0 Å². The summed E-state index contributed by atoms with van der Waals surface area (Å²) < 4.78 is 0. The Bertz CT molecular complexity index is 2360. The van der Waals surface area contributed by atoms with Gasteiger partial charge in [-0.05, 0) is 83.9 Å². The Hall–Kier alpha value is -6.80. The van der Waals surface area contributed by atoms with Crippen LogP contribution in [0.1, 0.15) is 0 Å². The molecule has 48 heavy (non-hydrogen) atoms. The molecule has 0 bridgehead atoms. The third kappa shape index (κ3) is 5.37. The van der Waals surface area contributed by atoms with Crippen molar-refractivity contribution in [3.63, 3.8) is 0 Å². The molecule has 0 fully saturated rings. The van der Waals surface area contributed by atoms with E-state index in [1.165, 1.54) is 0 Å². The van der Waals surface area contributed by atoms with Gasteiger partial charge >= 0.3 is 0 Å². The maximum absolute atomic E-state index is 10.2. The normalized spacial score (nSPS) is 11.2. The van der Waals surface area contributed by atoms with E-state index in [-0.39, 0.29) is 23.0 Å². The fraction of sp³-hybridized carbons (Fsp3) is 0. The molecule has 0 amide bonds. The van der Waals surface area contributed by atoms with Crippen LogP contribution in [0.3, 0.4) is 0 Å². The van der Waals surface area contributed by atoms with Gasteiger partial charge in [-0.25, -0.2) is 19.9 Å². The van der Waals surface area contributed by atoms with Gasteiger partial charge in [-0.3, -0.25) is 0 Å². The Balaban J connectivity index is 1.28. The minimum atomic E-state index is 0.111. The van der Waals surface area contributed by atoms with E-state index in [2.05, 4.69) is 0 Å². The molecule has 0 unspecified atom stereocenters. The van der Waals surface area contributed by atoms with Crippen LogP contribution >= 0.6 is 0 Å². The topological polar surface area (TPSA) is 132 Å². The van der Waals surface area contributed by atoms with Crippen LogP contribution in [0.5, 0.6) is 23.0 Å². The number of hydrogen-bond donors (Lipinski definition) is 4. The molecule has 0 aliphatic rings. The van der Waals surface area contributed by atoms with Gasteiger partial charge in [-0.1, -0.05) is 60.7 Å². The smallest absolute Gasteiger partial charge is 0.116 e. The standard InChI is InChI=1S/C40H26N4O4/c45-29-9-1-5-25(17-29)37-39(27-7-3-11-31(47)19-27)43-35-21-23(13-15-33(35)41-37)24-14-16-34-36(22-24)44-40(28-8-4-12-32(48)20-28)38(42-34)26-6-2-10-30(46)18-26/h1-22,45-48H. The molecule has 230 valence electrons. The van der Waals surface area contributed by atoms with Gasteiger partial charge in [-0.15, -0.1) is 0 Å². The third-order valence-electron chi connectivity index (χ3n) is 8.14. The zero-order valence-electron chi connectivity index (χ0n) is 25.3. The number of hydrogen-bond acceptors (Lipinski definition) is 8. The SMILES string of the molecule is Oc1cccc(-c2nc3ccc(-c4ccc5nc(-c6cccc(O)c6)c(-c6cccc(O)c6)nc5c4)cc3nc2-c2cccc(O)c2)c1. The van der Waals surface area contributed by atoms with Crippen LogP contribution in [0.4, 0.5) is 0 Å². The highest BCUT2D eigenvalue weighted by Crippen LogP contribution is 2.37. The van der Waals surface area contributed by atoms with E-state index in [4.69, 9.17) is 19.9 Å². The highest BCUT2D eigenvalue weighted by atomic mass is 16.3. The van der Waals surface area contributed by atoms with E-state index in [0.29, 0.717) is 67.1 Å². The van der Waals surface area contributed by atoms with E-state index in [1.54, 1.807) is 72.8 Å². The van der Waals surface area contributed by atoms with Crippen molar-refractivity contribution in [3.05, 3.63) is 133 Å². The molecule has 2 heterocycles. The molecule has 0 atom stereocenters. The lowest BCUT2D eigenvalue weighted by Crippen LogP contribution is -1.97. The largest absolute Gasteiger partial charge is 0.508 e. The molecule has 8 nitrogen and oxygen atoms in total. The molecule has 0 radical (unpaired) electrons. The zero-order valence-corrected chi connectivity index (χ0v) is 25.3. The molecular formula is C40H26N4O4. The lowest BCUT2D eigenvalue weighted by molar-refractivity contribution is 0.475. The fourth-order valence-electron chi connectivity index (χ4n) is 5.89. The van der Waals surface area contributed by atoms with Crippen molar-refractivity contribution in [3.8, 4) is 79.2 Å². The molecule has 0 aliphatic carbocycles. The summed E-state index contributed by atoms with van der Waals surface area (Å²) in [6.07, 6.45) is 0. The molecule has 0 saturated heterocycles. The minimum absolute atomic E-state index is 0.111. The second kappa shape index (κ2) is 11.5. The van der Waals surface area contributed by atoms with Gasteiger partial charge in [0, 0.05) is 22.3 Å².